The van der Waals surface area contributed by atoms with E-state index < -0.39 is 10.0 Å². The van der Waals surface area contributed by atoms with Gasteiger partial charge >= 0.3 is 0 Å². The van der Waals surface area contributed by atoms with Crippen molar-refractivity contribution >= 4 is 15.9 Å². The molecule has 0 spiro atoms. The van der Waals surface area contributed by atoms with Gasteiger partial charge in [0, 0.05) is 19.1 Å². The molecule has 1 heterocycles. The normalized spacial score (nSPS) is 16.5. The summed E-state index contributed by atoms with van der Waals surface area (Å²) in [6.07, 6.45) is 1.94. The van der Waals surface area contributed by atoms with Gasteiger partial charge in [-0.3, -0.25) is 4.79 Å². The molecule has 1 fully saturated rings. The van der Waals surface area contributed by atoms with Crippen molar-refractivity contribution in [2.24, 2.45) is 5.92 Å². The minimum absolute atomic E-state index is 0.0818. The van der Waals surface area contributed by atoms with Gasteiger partial charge in [-0.05, 0) is 43.9 Å². The molecule has 2 rings (SSSR count). The average molecular weight is 354 g/mol. The van der Waals surface area contributed by atoms with E-state index in [1.165, 1.54) is 25.3 Å². The number of nitrogens with zero attached hydrogens (tertiary/aromatic N) is 1. The Morgan fingerprint density at radius 2 is 1.83 bits per heavy atom. The first-order chi connectivity index (χ1) is 11.3. The number of nitrogens with one attached hydrogen (secondary N) is 1. The summed E-state index contributed by atoms with van der Waals surface area (Å²) in [4.78, 5) is 14.5. The van der Waals surface area contributed by atoms with E-state index in [1.54, 1.807) is 4.90 Å². The second kappa shape index (κ2) is 7.53. The molecule has 1 aliphatic rings. The number of likely N-dealkylation sites (tertiary alicyclic amines) is 1. The highest BCUT2D eigenvalue weighted by Crippen LogP contribution is 2.25. The van der Waals surface area contributed by atoms with Crippen molar-refractivity contribution in [2.75, 3.05) is 20.2 Å². The SMILES string of the molecule is COc1ccc(S(=O)(=O)N[C@H](C)C(C)C)cc1C(=O)N1CCCC1. The van der Waals surface area contributed by atoms with E-state index in [-0.39, 0.29) is 22.8 Å². The van der Waals surface area contributed by atoms with Crippen molar-refractivity contribution in [1.29, 1.82) is 0 Å². The maximum absolute atomic E-state index is 12.7. The fraction of sp³-hybridized carbons (Fsp3) is 0.588. The Kier molecular flexibility index (Phi) is 5.87. The van der Waals surface area contributed by atoms with Gasteiger partial charge in [0.1, 0.15) is 5.75 Å². The van der Waals surface area contributed by atoms with Gasteiger partial charge in [-0.2, -0.15) is 0 Å². The van der Waals surface area contributed by atoms with Crippen LogP contribution < -0.4 is 9.46 Å². The predicted molar refractivity (Wildman–Crippen MR) is 92.8 cm³/mol. The number of rotatable bonds is 6. The van der Waals surface area contributed by atoms with Gasteiger partial charge in [-0.15, -0.1) is 0 Å². The van der Waals surface area contributed by atoms with Crippen LogP contribution in [0.15, 0.2) is 23.1 Å². The highest BCUT2D eigenvalue weighted by Gasteiger charge is 2.26. The molecule has 1 aromatic rings. The Bertz CT molecular complexity index is 695. The van der Waals surface area contributed by atoms with Crippen molar-refractivity contribution in [3.8, 4) is 5.75 Å². The molecule has 0 radical (unpaired) electrons. The number of hydrogen-bond donors (Lipinski definition) is 1. The van der Waals surface area contributed by atoms with Gasteiger partial charge in [0.15, 0.2) is 0 Å². The molecular formula is C17H26N2O4S. The summed E-state index contributed by atoms with van der Waals surface area (Å²) in [6, 6.07) is 4.22. The molecule has 1 aromatic carbocycles. The van der Waals surface area contributed by atoms with E-state index in [2.05, 4.69) is 4.72 Å². The molecule has 24 heavy (non-hydrogen) atoms. The smallest absolute Gasteiger partial charge is 0.257 e. The lowest BCUT2D eigenvalue weighted by Crippen LogP contribution is -2.36. The van der Waals surface area contributed by atoms with Crippen LogP contribution in [0.5, 0.6) is 5.75 Å². The monoisotopic (exact) mass is 354 g/mol. The molecule has 0 unspecified atom stereocenters. The van der Waals surface area contributed by atoms with Crippen molar-refractivity contribution in [3.63, 3.8) is 0 Å². The molecule has 7 heteroatoms. The third-order valence-electron chi connectivity index (χ3n) is 4.45. The molecule has 1 saturated heterocycles. The van der Waals surface area contributed by atoms with Crippen LogP contribution in [0, 0.1) is 5.92 Å². The Hall–Kier alpha value is -1.60. The van der Waals surface area contributed by atoms with E-state index in [4.69, 9.17) is 4.74 Å². The molecule has 1 N–H and O–H groups in total. The number of carbonyl (C=O) groups excluding carboxylic acids is 1. The summed E-state index contributed by atoms with van der Waals surface area (Å²) >= 11 is 0. The zero-order chi connectivity index (χ0) is 17.9. The van der Waals surface area contributed by atoms with Crippen LogP contribution in [-0.2, 0) is 10.0 Å². The van der Waals surface area contributed by atoms with Gasteiger partial charge in [-0.1, -0.05) is 13.8 Å². The van der Waals surface area contributed by atoms with Crippen LogP contribution in [0.2, 0.25) is 0 Å². The van der Waals surface area contributed by atoms with Gasteiger partial charge in [0.25, 0.3) is 5.91 Å². The fourth-order valence-corrected chi connectivity index (χ4v) is 3.98. The van der Waals surface area contributed by atoms with E-state index in [9.17, 15) is 13.2 Å². The Balaban J connectivity index is 2.35. The van der Waals surface area contributed by atoms with Crippen LogP contribution in [0.25, 0.3) is 0 Å². The second-order valence-corrected chi connectivity index (χ2v) is 8.23. The lowest BCUT2D eigenvalue weighted by molar-refractivity contribution is 0.0789. The van der Waals surface area contributed by atoms with Crippen molar-refractivity contribution in [3.05, 3.63) is 23.8 Å². The van der Waals surface area contributed by atoms with Crippen molar-refractivity contribution < 1.29 is 17.9 Å². The third kappa shape index (κ3) is 4.08. The van der Waals surface area contributed by atoms with Gasteiger partial charge in [-0.25, -0.2) is 13.1 Å². The molecule has 0 aromatic heterocycles. The third-order valence-corrected chi connectivity index (χ3v) is 6.00. The van der Waals surface area contributed by atoms with Gasteiger partial charge in [0.2, 0.25) is 10.0 Å². The molecule has 1 amide bonds. The van der Waals surface area contributed by atoms with Crippen molar-refractivity contribution in [2.45, 2.75) is 44.6 Å². The lowest BCUT2D eigenvalue weighted by atomic mass is 10.1. The average Bonchev–Trinajstić information content (AvgIpc) is 3.07. The summed E-state index contributed by atoms with van der Waals surface area (Å²) in [5.41, 5.74) is 0.291. The molecular weight excluding hydrogens is 328 g/mol. The quantitative estimate of drug-likeness (QED) is 0.850. The Morgan fingerprint density at radius 1 is 1.21 bits per heavy atom. The number of amides is 1. The Morgan fingerprint density at radius 3 is 2.38 bits per heavy atom. The zero-order valence-electron chi connectivity index (χ0n) is 14.7. The maximum Gasteiger partial charge on any atom is 0.257 e. The molecule has 134 valence electrons. The molecule has 0 bridgehead atoms. The van der Waals surface area contributed by atoms with E-state index >= 15 is 0 Å². The highest BCUT2D eigenvalue weighted by molar-refractivity contribution is 7.89. The first-order valence-corrected chi connectivity index (χ1v) is 9.74. The number of carbonyl (C=O) groups is 1. The van der Waals surface area contributed by atoms with E-state index in [1.807, 2.05) is 20.8 Å². The molecule has 0 aliphatic carbocycles. The molecule has 6 nitrogen and oxygen atoms in total. The number of ether oxygens (including phenoxy) is 1. The van der Waals surface area contributed by atoms with Gasteiger partial charge in [0.05, 0.1) is 17.6 Å². The number of sulfonamides is 1. The largest absolute Gasteiger partial charge is 0.496 e. The number of methoxy groups -OCH3 is 1. The molecule has 1 aliphatic heterocycles. The standard InChI is InChI=1S/C17H26N2O4S/c1-12(2)13(3)18-24(21,22)14-7-8-16(23-4)15(11-14)17(20)19-9-5-6-10-19/h7-8,11-13,18H,5-6,9-10H2,1-4H3/t13-/m1/s1. The van der Waals surface area contributed by atoms with Crippen LogP contribution in [0.4, 0.5) is 0 Å². The predicted octanol–water partition coefficient (Wildman–Crippen LogP) is 2.25. The van der Waals surface area contributed by atoms with Crippen LogP contribution in [-0.4, -0.2) is 45.5 Å². The fourth-order valence-electron chi connectivity index (χ4n) is 2.56. The second-order valence-electron chi connectivity index (χ2n) is 6.52. The first kappa shape index (κ1) is 18.7. The summed E-state index contributed by atoms with van der Waals surface area (Å²) in [6.45, 7) is 7.11. The summed E-state index contributed by atoms with van der Waals surface area (Å²) < 4.78 is 33.0. The summed E-state index contributed by atoms with van der Waals surface area (Å²) in [5, 5.41) is 0. The van der Waals surface area contributed by atoms with Crippen molar-refractivity contribution in [1.82, 2.24) is 9.62 Å². The van der Waals surface area contributed by atoms with E-state index in [0.717, 1.165) is 12.8 Å². The van der Waals surface area contributed by atoms with Crippen LogP contribution in [0.3, 0.4) is 0 Å². The lowest BCUT2D eigenvalue weighted by Gasteiger charge is -2.20. The highest BCUT2D eigenvalue weighted by atomic mass is 32.2. The maximum atomic E-state index is 12.7. The minimum atomic E-state index is -3.69. The van der Waals surface area contributed by atoms with E-state index in [0.29, 0.717) is 24.4 Å². The first-order valence-electron chi connectivity index (χ1n) is 8.26. The summed E-state index contributed by atoms with van der Waals surface area (Å²) in [5.74, 6) is 0.379. The Labute approximate surface area is 144 Å². The van der Waals surface area contributed by atoms with Crippen LogP contribution in [0.1, 0.15) is 44.0 Å². The van der Waals surface area contributed by atoms with Gasteiger partial charge < -0.3 is 9.64 Å². The summed E-state index contributed by atoms with van der Waals surface area (Å²) in [7, 11) is -2.21. The molecule has 0 saturated carbocycles. The topological polar surface area (TPSA) is 75.7 Å². The number of hydrogen-bond acceptors (Lipinski definition) is 4. The number of benzene rings is 1. The molecule has 1 atom stereocenters. The minimum Gasteiger partial charge on any atom is -0.496 e. The zero-order valence-corrected chi connectivity index (χ0v) is 15.5. The van der Waals surface area contributed by atoms with Crippen LogP contribution >= 0.6 is 0 Å².